The normalized spacial score (nSPS) is 10.1. The summed E-state index contributed by atoms with van der Waals surface area (Å²) >= 11 is 0. The first-order valence-corrected chi connectivity index (χ1v) is 18.7. The Bertz CT molecular complexity index is 2280. The van der Waals surface area contributed by atoms with E-state index < -0.39 is 0 Å². The van der Waals surface area contributed by atoms with Crippen LogP contribution >= 0.6 is 0 Å². The Morgan fingerprint density at radius 1 is 0.259 bits per heavy atom. The number of hydrogen-bond donors (Lipinski definition) is 0. The number of carbonyl (C=O) groups excluding carboxylic acids is 3. The number of Topliss-reactive ketones (excluding diaryl/α,β-unsaturated/α-hetero) is 3. The molecule has 0 unspecified atom stereocenters. The van der Waals surface area contributed by atoms with E-state index in [1.165, 1.54) is 16.7 Å². The van der Waals surface area contributed by atoms with Crippen molar-refractivity contribution < 1.29 is 33.3 Å². The van der Waals surface area contributed by atoms with Gasteiger partial charge in [-0.05, 0) is 175 Å². The van der Waals surface area contributed by atoms with Crippen LogP contribution in [0.2, 0.25) is 0 Å². The first-order chi connectivity index (χ1) is 27.9. The van der Waals surface area contributed by atoms with E-state index in [2.05, 4.69) is 0 Å². The third kappa shape index (κ3) is 13.5. The Kier molecular flexibility index (Phi) is 14.9. The lowest BCUT2D eigenvalue weighted by atomic mass is 10.1. The molecule has 0 spiro atoms. The molecule has 0 atom stereocenters. The molecule has 0 saturated carbocycles. The van der Waals surface area contributed by atoms with Gasteiger partial charge in [0.25, 0.3) is 0 Å². The highest BCUT2D eigenvalue weighted by atomic mass is 16.5. The second-order valence-corrected chi connectivity index (χ2v) is 13.6. The molecule has 0 aliphatic rings. The van der Waals surface area contributed by atoms with E-state index in [0.717, 1.165) is 34.5 Å². The van der Waals surface area contributed by atoms with E-state index in [4.69, 9.17) is 18.9 Å². The van der Waals surface area contributed by atoms with Gasteiger partial charge in [-0.25, -0.2) is 0 Å². The van der Waals surface area contributed by atoms with Crippen LogP contribution in [0.15, 0.2) is 170 Å². The van der Waals surface area contributed by atoms with Crippen molar-refractivity contribution >= 4 is 17.3 Å². The number of hydrogen-bond acceptors (Lipinski definition) is 7. The van der Waals surface area contributed by atoms with Gasteiger partial charge in [-0.2, -0.15) is 0 Å². The number of ketones is 3. The van der Waals surface area contributed by atoms with Crippen molar-refractivity contribution in [2.75, 3.05) is 0 Å². The maximum atomic E-state index is 11.3. The van der Waals surface area contributed by atoms with Gasteiger partial charge in [0, 0.05) is 16.7 Å². The van der Waals surface area contributed by atoms with Gasteiger partial charge >= 0.3 is 0 Å². The average molecular weight is 771 g/mol. The van der Waals surface area contributed by atoms with Crippen molar-refractivity contribution in [2.45, 2.75) is 41.5 Å². The van der Waals surface area contributed by atoms with Crippen LogP contribution in [-0.2, 0) is 0 Å². The van der Waals surface area contributed by atoms with E-state index in [1.54, 1.807) is 93.6 Å². The van der Waals surface area contributed by atoms with Gasteiger partial charge < -0.3 is 18.9 Å². The van der Waals surface area contributed by atoms with Crippen molar-refractivity contribution in [3.63, 3.8) is 0 Å². The van der Waals surface area contributed by atoms with Crippen molar-refractivity contribution in [3.8, 4) is 46.0 Å². The van der Waals surface area contributed by atoms with E-state index in [-0.39, 0.29) is 17.3 Å². The number of carbonyl (C=O) groups is 3. The molecule has 0 bridgehead atoms. The Morgan fingerprint density at radius 2 is 0.397 bits per heavy atom. The van der Waals surface area contributed by atoms with Gasteiger partial charge in [-0.3, -0.25) is 14.4 Å². The van der Waals surface area contributed by atoms with Crippen LogP contribution in [0.1, 0.15) is 68.5 Å². The summed E-state index contributed by atoms with van der Waals surface area (Å²) in [4.78, 5) is 33.5. The molecule has 0 N–H and O–H groups in total. The molecule has 0 radical (unpaired) electrons. The molecule has 0 aliphatic carbocycles. The summed E-state index contributed by atoms with van der Waals surface area (Å²) in [5.74, 6) is 6.18. The lowest BCUT2D eigenvalue weighted by molar-refractivity contribution is 0.100. The third-order valence-corrected chi connectivity index (χ3v) is 8.61. The van der Waals surface area contributed by atoms with Crippen LogP contribution in [0, 0.1) is 20.8 Å². The summed E-state index contributed by atoms with van der Waals surface area (Å²) in [5, 5.41) is 0. The summed E-state index contributed by atoms with van der Waals surface area (Å²) in [7, 11) is 0. The topological polar surface area (TPSA) is 88.1 Å². The van der Waals surface area contributed by atoms with Gasteiger partial charge in [0.15, 0.2) is 17.3 Å². The minimum Gasteiger partial charge on any atom is -0.457 e. The predicted molar refractivity (Wildman–Crippen MR) is 230 cm³/mol. The lowest BCUT2D eigenvalue weighted by Crippen LogP contribution is -1.91. The minimum absolute atomic E-state index is 0.0409. The number of aryl methyl sites for hydroxylation is 3. The molecular weight excluding hydrogens is 725 g/mol. The highest BCUT2D eigenvalue weighted by Gasteiger charge is 2.04. The molecule has 7 heteroatoms. The van der Waals surface area contributed by atoms with Crippen LogP contribution in [0.25, 0.3) is 0 Å². The predicted octanol–water partition coefficient (Wildman–Crippen LogP) is 13.8. The van der Waals surface area contributed by atoms with Crippen LogP contribution in [0.4, 0.5) is 0 Å². The van der Waals surface area contributed by atoms with Gasteiger partial charge in [0.2, 0.25) is 0 Å². The Balaban J connectivity index is 0.000000170. The summed E-state index contributed by atoms with van der Waals surface area (Å²) < 4.78 is 22.9. The fraction of sp³-hybridized carbons (Fsp3) is 0.118. The van der Waals surface area contributed by atoms with Crippen molar-refractivity contribution in [1.29, 1.82) is 0 Å². The molecule has 7 nitrogen and oxygen atoms in total. The zero-order valence-electron chi connectivity index (χ0n) is 33.5. The van der Waals surface area contributed by atoms with Crippen molar-refractivity contribution in [1.82, 2.24) is 0 Å². The highest BCUT2D eigenvalue weighted by molar-refractivity contribution is 5.95. The fourth-order valence-electron chi connectivity index (χ4n) is 5.21. The molecule has 0 saturated heterocycles. The van der Waals surface area contributed by atoms with E-state index in [0.29, 0.717) is 28.2 Å². The quantitative estimate of drug-likeness (QED) is 0.121. The zero-order chi connectivity index (χ0) is 41.4. The monoisotopic (exact) mass is 770 g/mol. The molecule has 7 rings (SSSR count). The Hall–Kier alpha value is -7.25. The van der Waals surface area contributed by atoms with Gasteiger partial charge in [-0.15, -0.1) is 0 Å². The largest absolute Gasteiger partial charge is 0.457 e. The summed E-state index contributed by atoms with van der Waals surface area (Å²) in [6.07, 6.45) is 0. The first kappa shape index (κ1) is 41.9. The number of benzene rings is 7. The second kappa shape index (κ2) is 20.6. The number of ether oxygens (including phenoxy) is 4. The molecule has 58 heavy (non-hydrogen) atoms. The van der Waals surface area contributed by atoms with Gasteiger partial charge in [0.1, 0.15) is 46.0 Å². The van der Waals surface area contributed by atoms with Gasteiger partial charge in [-0.1, -0.05) is 53.1 Å². The summed E-state index contributed by atoms with van der Waals surface area (Å²) in [6, 6.07) is 52.4. The molecule has 7 aromatic carbocycles. The average Bonchev–Trinajstić information content (AvgIpc) is 3.22. The molecule has 0 amide bonds. The SMILES string of the molecule is CC(=O)c1ccc(Oc2ccc(C)cc2)cc1.CC(=O)c1ccc(Oc2ccc(C)cc2)cc1.CC(=O)c1ccc(Oc2ccc(Oc3ccc(C)cc3)cc2)cc1. The van der Waals surface area contributed by atoms with E-state index >= 15 is 0 Å². The smallest absolute Gasteiger partial charge is 0.159 e. The standard InChI is InChI=1S/C21H18O3.2C15H14O2/c1-15-3-7-18(8-4-15)23-20-11-13-21(14-12-20)24-19-9-5-17(6-10-19)16(2)22;2*1-11-3-7-14(8-4-11)17-15-9-5-13(6-10-15)12(2)16/h3-14H,1-2H3;2*3-10H,1-2H3. The highest BCUT2D eigenvalue weighted by Crippen LogP contribution is 2.28. The molecule has 0 heterocycles. The molecule has 7 aromatic rings. The maximum absolute atomic E-state index is 11.3. The van der Waals surface area contributed by atoms with E-state index in [1.807, 2.05) is 118 Å². The molecule has 0 fully saturated rings. The van der Waals surface area contributed by atoms with Crippen molar-refractivity contribution in [3.05, 3.63) is 203 Å². The van der Waals surface area contributed by atoms with Crippen LogP contribution in [0.5, 0.6) is 46.0 Å². The summed E-state index contributed by atoms with van der Waals surface area (Å²) in [5.41, 5.74) is 5.65. The molecule has 292 valence electrons. The van der Waals surface area contributed by atoms with E-state index in [9.17, 15) is 14.4 Å². The first-order valence-electron chi connectivity index (χ1n) is 18.7. The van der Waals surface area contributed by atoms with Crippen LogP contribution in [-0.4, -0.2) is 17.3 Å². The maximum Gasteiger partial charge on any atom is 0.159 e. The summed E-state index contributed by atoms with van der Waals surface area (Å²) in [6.45, 7) is 10.8. The molecule has 0 aliphatic heterocycles. The molecular formula is C51H46O7. The fourth-order valence-corrected chi connectivity index (χ4v) is 5.21. The van der Waals surface area contributed by atoms with Crippen molar-refractivity contribution in [2.24, 2.45) is 0 Å². The molecule has 0 aromatic heterocycles. The third-order valence-electron chi connectivity index (χ3n) is 8.61. The zero-order valence-corrected chi connectivity index (χ0v) is 33.5. The lowest BCUT2D eigenvalue weighted by Gasteiger charge is -2.09. The number of rotatable bonds is 11. The minimum atomic E-state index is 0.0409. The van der Waals surface area contributed by atoms with Crippen LogP contribution in [0.3, 0.4) is 0 Å². The van der Waals surface area contributed by atoms with Gasteiger partial charge in [0.05, 0.1) is 0 Å². The second-order valence-electron chi connectivity index (χ2n) is 13.6. The Morgan fingerprint density at radius 3 is 0.552 bits per heavy atom. The van der Waals surface area contributed by atoms with Crippen LogP contribution < -0.4 is 18.9 Å². The Labute approximate surface area is 340 Å².